The molecule has 1 amide bonds. The van der Waals surface area contributed by atoms with E-state index in [2.05, 4.69) is 30.9 Å². The summed E-state index contributed by atoms with van der Waals surface area (Å²) in [4.78, 5) is 22.1. The highest BCUT2D eigenvalue weighted by Crippen LogP contribution is 2.32. The van der Waals surface area contributed by atoms with Gasteiger partial charge < -0.3 is 9.47 Å². The molecule has 1 saturated heterocycles. The largest absolute Gasteiger partial charge is 0.482 e. The third-order valence-corrected chi connectivity index (χ3v) is 7.17. The molecule has 32 heavy (non-hydrogen) atoms. The number of halogens is 2. The number of hydrogen-bond acceptors (Lipinski definition) is 6. The Morgan fingerprint density at radius 2 is 2.00 bits per heavy atom. The Kier molecular flexibility index (Phi) is 7.53. The van der Waals surface area contributed by atoms with Gasteiger partial charge in [0.2, 0.25) is 0 Å². The van der Waals surface area contributed by atoms with Crippen molar-refractivity contribution in [3.8, 4) is 5.75 Å². The van der Waals surface area contributed by atoms with Gasteiger partial charge in [0.25, 0.3) is 5.91 Å². The van der Waals surface area contributed by atoms with Crippen molar-refractivity contribution in [2.24, 2.45) is 0 Å². The van der Waals surface area contributed by atoms with Gasteiger partial charge in [-0.1, -0.05) is 40.6 Å². The Morgan fingerprint density at radius 3 is 2.75 bits per heavy atom. The van der Waals surface area contributed by atoms with Crippen LogP contribution in [0.5, 0.6) is 5.75 Å². The summed E-state index contributed by atoms with van der Waals surface area (Å²) in [7, 11) is 0. The van der Waals surface area contributed by atoms with Crippen LogP contribution in [-0.4, -0.2) is 61.8 Å². The monoisotopic (exact) mass is 493 g/mol. The van der Waals surface area contributed by atoms with E-state index >= 15 is 0 Å². The molecule has 2 aromatic carbocycles. The van der Waals surface area contributed by atoms with E-state index < -0.39 is 0 Å². The molecule has 4 rings (SSSR count). The van der Waals surface area contributed by atoms with E-state index in [9.17, 15) is 4.79 Å². The van der Waals surface area contributed by atoms with Gasteiger partial charge in [-0.25, -0.2) is 4.98 Å². The van der Waals surface area contributed by atoms with Gasteiger partial charge in [-0.15, -0.1) is 0 Å². The highest BCUT2D eigenvalue weighted by molar-refractivity contribution is 7.22. The maximum Gasteiger partial charge on any atom is 0.266 e. The van der Waals surface area contributed by atoms with Crippen LogP contribution in [-0.2, 0) is 9.53 Å². The zero-order valence-corrected chi connectivity index (χ0v) is 20.4. The van der Waals surface area contributed by atoms with Gasteiger partial charge in [-0.3, -0.25) is 14.6 Å². The molecule has 0 spiro atoms. The molecule has 0 aliphatic carbocycles. The molecule has 6 nitrogen and oxygen atoms in total. The van der Waals surface area contributed by atoms with E-state index in [-0.39, 0.29) is 12.5 Å². The molecule has 9 heteroatoms. The average Bonchev–Trinajstić information content (AvgIpc) is 3.21. The van der Waals surface area contributed by atoms with Gasteiger partial charge in [-0.2, -0.15) is 0 Å². The number of anilines is 1. The summed E-state index contributed by atoms with van der Waals surface area (Å²) < 4.78 is 12.2. The van der Waals surface area contributed by atoms with Crippen molar-refractivity contribution in [3.05, 3.63) is 51.5 Å². The minimum atomic E-state index is -0.169. The van der Waals surface area contributed by atoms with Crippen LogP contribution in [0.4, 0.5) is 5.13 Å². The lowest BCUT2D eigenvalue weighted by Gasteiger charge is -2.29. The lowest BCUT2D eigenvalue weighted by molar-refractivity contribution is -0.120. The van der Waals surface area contributed by atoms with Crippen molar-refractivity contribution in [3.63, 3.8) is 0 Å². The molecule has 1 aliphatic heterocycles. The zero-order valence-electron chi connectivity index (χ0n) is 18.1. The summed E-state index contributed by atoms with van der Waals surface area (Å²) >= 11 is 13.7. The summed E-state index contributed by atoms with van der Waals surface area (Å²) in [5, 5.41) is 1.56. The Bertz CT molecular complexity index is 1120. The van der Waals surface area contributed by atoms with E-state index in [0.29, 0.717) is 40.7 Å². The second-order valence-electron chi connectivity index (χ2n) is 7.71. The van der Waals surface area contributed by atoms with Crippen LogP contribution in [0.25, 0.3) is 10.2 Å². The predicted octanol–water partition coefficient (Wildman–Crippen LogP) is 4.96. The fraction of sp³-hybridized carbons (Fsp3) is 0.391. The molecule has 0 N–H and O–H groups in total. The number of morpholine rings is 1. The van der Waals surface area contributed by atoms with Crippen LogP contribution in [0.2, 0.25) is 10.0 Å². The minimum Gasteiger partial charge on any atom is -0.482 e. The lowest BCUT2D eigenvalue weighted by atomic mass is 10.1. The molecular weight excluding hydrogens is 469 g/mol. The normalized spacial score (nSPS) is 14.6. The van der Waals surface area contributed by atoms with Crippen molar-refractivity contribution < 1.29 is 14.3 Å². The van der Waals surface area contributed by atoms with Crippen LogP contribution in [0.1, 0.15) is 11.1 Å². The molecule has 0 atom stereocenters. The average molecular weight is 494 g/mol. The number of aryl methyl sites for hydroxylation is 2. The SMILES string of the molecule is Cc1ccc2sc(N(CCN3CCOCC3)C(=O)COc3ccc(Cl)cc3Cl)nc2c1C. The minimum absolute atomic E-state index is 0.140. The van der Waals surface area contributed by atoms with E-state index in [1.165, 1.54) is 16.9 Å². The number of benzene rings is 2. The summed E-state index contributed by atoms with van der Waals surface area (Å²) in [6, 6.07) is 9.10. The molecular formula is C23H25Cl2N3O3S. The molecule has 2 heterocycles. The van der Waals surface area contributed by atoms with Gasteiger partial charge in [-0.05, 0) is 49.2 Å². The number of carbonyl (C=O) groups is 1. The Morgan fingerprint density at radius 1 is 1.22 bits per heavy atom. The molecule has 0 saturated carbocycles. The maximum atomic E-state index is 13.3. The van der Waals surface area contributed by atoms with Crippen molar-refractivity contribution in [1.82, 2.24) is 9.88 Å². The standard InChI is InChI=1S/C23H25Cl2N3O3S/c1-15-3-6-20-22(16(15)2)26-23(32-20)28(8-7-27-9-11-30-12-10-27)21(29)14-31-19-5-4-17(24)13-18(19)25/h3-6,13H,7-12,14H2,1-2H3. The topological polar surface area (TPSA) is 54.9 Å². The van der Waals surface area contributed by atoms with Crippen LogP contribution in [0, 0.1) is 13.8 Å². The van der Waals surface area contributed by atoms with E-state index in [0.717, 1.165) is 35.4 Å². The number of amides is 1. The van der Waals surface area contributed by atoms with E-state index in [4.69, 9.17) is 37.7 Å². The van der Waals surface area contributed by atoms with Crippen LogP contribution >= 0.6 is 34.5 Å². The first-order valence-electron chi connectivity index (χ1n) is 10.5. The fourth-order valence-electron chi connectivity index (χ4n) is 3.53. The molecule has 0 unspecified atom stereocenters. The van der Waals surface area contributed by atoms with Crippen molar-refractivity contribution in [2.45, 2.75) is 13.8 Å². The number of fused-ring (bicyclic) bond motifs is 1. The molecule has 170 valence electrons. The third kappa shape index (κ3) is 5.35. The fourth-order valence-corrected chi connectivity index (χ4v) is 5.06. The van der Waals surface area contributed by atoms with Gasteiger partial charge in [0.15, 0.2) is 11.7 Å². The Hall–Kier alpha value is -1.90. The van der Waals surface area contributed by atoms with Crippen LogP contribution in [0.15, 0.2) is 30.3 Å². The van der Waals surface area contributed by atoms with Gasteiger partial charge >= 0.3 is 0 Å². The Labute approximate surface area is 201 Å². The van der Waals surface area contributed by atoms with Crippen LogP contribution in [0.3, 0.4) is 0 Å². The molecule has 3 aromatic rings. The van der Waals surface area contributed by atoms with E-state index in [1.54, 1.807) is 23.1 Å². The predicted molar refractivity (Wildman–Crippen MR) is 131 cm³/mol. The first-order valence-corrected chi connectivity index (χ1v) is 12.0. The highest BCUT2D eigenvalue weighted by atomic mass is 35.5. The number of ether oxygens (including phenoxy) is 2. The molecule has 0 radical (unpaired) electrons. The first kappa shape index (κ1) is 23.3. The van der Waals surface area contributed by atoms with Crippen molar-refractivity contribution in [2.75, 3.05) is 50.9 Å². The van der Waals surface area contributed by atoms with Crippen LogP contribution < -0.4 is 9.64 Å². The smallest absolute Gasteiger partial charge is 0.266 e. The van der Waals surface area contributed by atoms with Crippen molar-refractivity contribution in [1.29, 1.82) is 0 Å². The van der Waals surface area contributed by atoms with Gasteiger partial charge in [0.1, 0.15) is 5.75 Å². The molecule has 1 aromatic heterocycles. The second-order valence-corrected chi connectivity index (χ2v) is 9.57. The molecule has 1 aliphatic rings. The summed E-state index contributed by atoms with van der Waals surface area (Å²) in [6.07, 6.45) is 0. The number of nitrogens with zero attached hydrogens (tertiary/aromatic N) is 3. The molecule has 0 bridgehead atoms. The highest BCUT2D eigenvalue weighted by Gasteiger charge is 2.23. The second kappa shape index (κ2) is 10.4. The van der Waals surface area contributed by atoms with Crippen molar-refractivity contribution >= 4 is 55.8 Å². The lowest BCUT2D eigenvalue weighted by Crippen LogP contribution is -2.44. The van der Waals surface area contributed by atoms with E-state index in [1.807, 2.05) is 0 Å². The number of aromatic nitrogens is 1. The molecule has 1 fully saturated rings. The Balaban J connectivity index is 1.55. The number of rotatable bonds is 7. The number of carbonyl (C=O) groups excluding carboxylic acids is 1. The number of thiazole rings is 1. The quantitative estimate of drug-likeness (QED) is 0.465. The maximum absolute atomic E-state index is 13.3. The van der Waals surface area contributed by atoms with Gasteiger partial charge in [0.05, 0.1) is 28.5 Å². The third-order valence-electron chi connectivity index (χ3n) is 5.59. The summed E-state index contributed by atoms with van der Waals surface area (Å²) in [5.41, 5.74) is 3.26. The van der Waals surface area contributed by atoms with Gasteiger partial charge in [0, 0.05) is 31.2 Å². The zero-order chi connectivity index (χ0) is 22.7. The summed E-state index contributed by atoms with van der Waals surface area (Å²) in [6.45, 7) is 8.40. The first-order chi connectivity index (χ1) is 15.4. The number of hydrogen-bond donors (Lipinski definition) is 0. The summed E-state index contributed by atoms with van der Waals surface area (Å²) in [5.74, 6) is 0.256.